The molecule has 0 spiro atoms. The second-order valence-corrected chi connectivity index (χ2v) is 7.29. The molecular weight excluding hydrogens is 352 g/mol. The fraction of sp³-hybridized carbons (Fsp3) is 0.409. The van der Waals surface area contributed by atoms with Gasteiger partial charge in [0.1, 0.15) is 5.52 Å². The number of anilines is 2. The summed E-state index contributed by atoms with van der Waals surface area (Å²) in [7, 11) is 3.61. The summed E-state index contributed by atoms with van der Waals surface area (Å²) < 4.78 is 13.4. The number of aryl methyl sites for hydroxylation is 1. The lowest BCUT2D eigenvalue weighted by Crippen LogP contribution is -2.21. The minimum Gasteiger partial charge on any atom is -0.493 e. The molecule has 0 bridgehead atoms. The zero-order chi connectivity index (χ0) is 19.3. The van der Waals surface area contributed by atoms with Gasteiger partial charge in [0.05, 0.1) is 19.4 Å². The highest BCUT2D eigenvalue weighted by molar-refractivity contribution is 5.92. The van der Waals surface area contributed by atoms with E-state index in [1.54, 1.807) is 7.11 Å². The number of hydrogen-bond acceptors (Lipinski definition) is 5. The summed E-state index contributed by atoms with van der Waals surface area (Å²) in [5, 5.41) is 9.14. The Kier molecular flexibility index (Phi) is 5.67. The second-order valence-electron chi connectivity index (χ2n) is 7.29. The third-order valence-corrected chi connectivity index (χ3v) is 5.17. The lowest BCUT2D eigenvalue weighted by atomic mass is 10.2. The van der Waals surface area contributed by atoms with E-state index in [9.17, 15) is 0 Å². The van der Waals surface area contributed by atoms with Crippen molar-refractivity contribution in [2.75, 3.05) is 38.7 Å². The molecule has 4 rings (SSSR count). The predicted octanol–water partition coefficient (Wildman–Crippen LogP) is 4.19. The van der Waals surface area contributed by atoms with Gasteiger partial charge in [0.15, 0.2) is 11.5 Å². The first-order valence-corrected chi connectivity index (χ1v) is 9.95. The first-order chi connectivity index (χ1) is 13.7. The summed E-state index contributed by atoms with van der Waals surface area (Å²) in [6.07, 6.45) is 5.69. The smallest absolute Gasteiger partial charge is 0.163 e. The number of rotatable bonds is 8. The number of likely N-dealkylation sites (tertiary alicyclic amines) is 1. The Bertz CT molecular complexity index is 931. The van der Waals surface area contributed by atoms with Gasteiger partial charge in [0.25, 0.3) is 0 Å². The van der Waals surface area contributed by atoms with E-state index in [1.165, 1.54) is 25.9 Å². The summed E-state index contributed by atoms with van der Waals surface area (Å²) in [5.41, 5.74) is 2.88. The lowest BCUT2D eigenvalue weighted by molar-refractivity contribution is 0.254. The fourth-order valence-electron chi connectivity index (χ4n) is 3.77. The normalized spacial score (nSPS) is 14.5. The van der Waals surface area contributed by atoms with Crippen molar-refractivity contribution in [3.8, 4) is 11.5 Å². The van der Waals surface area contributed by atoms with Gasteiger partial charge in [0, 0.05) is 36.9 Å². The number of nitrogens with one attached hydrogen (secondary N) is 1. The van der Waals surface area contributed by atoms with Gasteiger partial charge in [0.2, 0.25) is 0 Å². The molecule has 0 amide bonds. The molecule has 6 nitrogen and oxygen atoms in total. The third-order valence-electron chi connectivity index (χ3n) is 5.17. The van der Waals surface area contributed by atoms with Crippen molar-refractivity contribution < 1.29 is 9.47 Å². The van der Waals surface area contributed by atoms with Crippen molar-refractivity contribution in [3.63, 3.8) is 0 Å². The van der Waals surface area contributed by atoms with E-state index < -0.39 is 0 Å². The first-order valence-electron chi connectivity index (χ1n) is 9.95. The van der Waals surface area contributed by atoms with Gasteiger partial charge in [-0.05, 0) is 50.6 Å². The molecule has 148 valence electrons. The zero-order valence-corrected chi connectivity index (χ0v) is 16.6. The molecule has 1 fully saturated rings. The Morgan fingerprint density at radius 2 is 1.96 bits per heavy atom. The van der Waals surface area contributed by atoms with Crippen molar-refractivity contribution in [1.82, 2.24) is 14.7 Å². The summed E-state index contributed by atoms with van der Waals surface area (Å²) in [6.45, 7) is 4.23. The summed E-state index contributed by atoms with van der Waals surface area (Å²) in [5.74, 6) is 1.52. The summed E-state index contributed by atoms with van der Waals surface area (Å²) in [6, 6.07) is 12.1. The Hall–Kier alpha value is -2.73. The molecule has 1 aliphatic rings. The van der Waals surface area contributed by atoms with Crippen LogP contribution in [0.5, 0.6) is 11.5 Å². The van der Waals surface area contributed by atoms with E-state index >= 15 is 0 Å². The Morgan fingerprint density at radius 1 is 1.11 bits per heavy atom. The Balaban J connectivity index is 1.44. The van der Waals surface area contributed by atoms with Crippen LogP contribution in [0.4, 0.5) is 11.4 Å². The van der Waals surface area contributed by atoms with Gasteiger partial charge in [-0.1, -0.05) is 12.1 Å². The number of hydrogen-bond donors (Lipinski definition) is 1. The molecule has 1 aromatic heterocycles. The van der Waals surface area contributed by atoms with Gasteiger partial charge in [-0.2, -0.15) is 5.10 Å². The van der Waals surface area contributed by atoms with Crippen LogP contribution in [0, 0.1) is 0 Å². The van der Waals surface area contributed by atoms with E-state index in [0.29, 0.717) is 6.61 Å². The minimum absolute atomic E-state index is 0.687. The van der Waals surface area contributed by atoms with Gasteiger partial charge in [-0.25, -0.2) is 0 Å². The van der Waals surface area contributed by atoms with Crippen LogP contribution in [-0.2, 0) is 7.05 Å². The highest BCUT2D eigenvalue weighted by atomic mass is 16.5. The maximum absolute atomic E-state index is 6.05. The summed E-state index contributed by atoms with van der Waals surface area (Å²) in [4.78, 5) is 2.51. The van der Waals surface area contributed by atoms with E-state index in [2.05, 4.69) is 21.4 Å². The predicted molar refractivity (Wildman–Crippen MR) is 113 cm³/mol. The number of benzene rings is 2. The summed E-state index contributed by atoms with van der Waals surface area (Å²) >= 11 is 0. The third kappa shape index (κ3) is 4.22. The number of ether oxygens (including phenoxy) is 2. The first kappa shape index (κ1) is 18.6. The standard InChI is InChI=1S/C22H28N4O2/c1-25-16-17-7-5-8-19(22(17)24-25)23-18-9-10-20(27-2)21(15-18)28-14-6-13-26-11-3-4-12-26/h5,7-10,15-16,23H,3-4,6,11-14H2,1-2H3. The van der Waals surface area contributed by atoms with Crippen molar-refractivity contribution in [3.05, 3.63) is 42.6 Å². The van der Waals surface area contributed by atoms with Crippen molar-refractivity contribution in [2.45, 2.75) is 19.3 Å². The van der Waals surface area contributed by atoms with Gasteiger partial charge >= 0.3 is 0 Å². The van der Waals surface area contributed by atoms with Crippen LogP contribution in [0.3, 0.4) is 0 Å². The van der Waals surface area contributed by atoms with Gasteiger partial charge in [-0.15, -0.1) is 0 Å². The molecule has 1 saturated heterocycles. The van der Waals surface area contributed by atoms with Crippen LogP contribution < -0.4 is 14.8 Å². The molecule has 2 heterocycles. The fourth-order valence-corrected chi connectivity index (χ4v) is 3.77. The monoisotopic (exact) mass is 380 g/mol. The van der Waals surface area contributed by atoms with Crippen molar-refractivity contribution >= 4 is 22.3 Å². The molecule has 1 N–H and O–H groups in total. The largest absolute Gasteiger partial charge is 0.493 e. The van der Waals surface area contributed by atoms with E-state index in [-0.39, 0.29) is 0 Å². The number of nitrogens with zero attached hydrogens (tertiary/aromatic N) is 3. The van der Waals surface area contributed by atoms with Crippen LogP contribution in [0.1, 0.15) is 19.3 Å². The number of aromatic nitrogens is 2. The van der Waals surface area contributed by atoms with Gasteiger partial charge in [-0.3, -0.25) is 4.68 Å². The van der Waals surface area contributed by atoms with Crippen LogP contribution in [0.2, 0.25) is 0 Å². The maximum Gasteiger partial charge on any atom is 0.163 e. The van der Waals surface area contributed by atoms with E-state index in [4.69, 9.17) is 9.47 Å². The molecule has 1 aliphatic heterocycles. The minimum atomic E-state index is 0.687. The highest BCUT2D eigenvalue weighted by Gasteiger charge is 2.12. The Labute approximate surface area is 166 Å². The topological polar surface area (TPSA) is 51.6 Å². The lowest BCUT2D eigenvalue weighted by Gasteiger charge is -2.16. The molecule has 2 aromatic carbocycles. The van der Waals surface area contributed by atoms with Crippen LogP contribution in [0.15, 0.2) is 42.6 Å². The molecule has 6 heteroatoms. The van der Waals surface area contributed by atoms with Crippen LogP contribution in [-0.4, -0.2) is 48.0 Å². The average Bonchev–Trinajstić information content (AvgIpc) is 3.34. The van der Waals surface area contributed by atoms with Gasteiger partial charge < -0.3 is 19.7 Å². The molecular formula is C22H28N4O2. The number of methoxy groups -OCH3 is 1. The average molecular weight is 380 g/mol. The zero-order valence-electron chi connectivity index (χ0n) is 16.6. The number of fused-ring (bicyclic) bond motifs is 1. The van der Waals surface area contributed by atoms with Crippen LogP contribution >= 0.6 is 0 Å². The van der Waals surface area contributed by atoms with Crippen molar-refractivity contribution in [2.24, 2.45) is 7.05 Å². The molecule has 0 aliphatic carbocycles. The van der Waals surface area contributed by atoms with E-state index in [1.807, 2.05) is 48.3 Å². The molecule has 0 saturated carbocycles. The molecule has 0 atom stereocenters. The Morgan fingerprint density at radius 3 is 2.79 bits per heavy atom. The van der Waals surface area contributed by atoms with Crippen LogP contribution in [0.25, 0.3) is 10.9 Å². The molecule has 28 heavy (non-hydrogen) atoms. The maximum atomic E-state index is 6.05. The highest BCUT2D eigenvalue weighted by Crippen LogP contribution is 2.33. The quantitative estimate of drug-likeness (QED) is 0.594. The molecule has 0 unspecified atom stereocenters. The second kappa shape index (κ2) is 8.52. The van der Waals surface area contributed by atoms with Crippen molar-refractivity contribution in [1.29, 1.82) is 0 Å². The van der Waals surface area contributed by atoms with E-state index in [0.717, 1.165) is 46.7 Å². The SMILES string of the molecule is COc1ccc(Nc2cccc3cn(C)nc23)cc1OCCCN1CCCC1. The molecule has 3 aromatic rings. The molecule has 0 radical (unpaired) electrons.